The summed E-state index contributed by atoms with van der Waals surface area (Å²) >= 11 is 1.30. The number of carbonyl (C=O) groups excluding carboxylic acids is 2. The van der Waals surface area contributed by atoms with Crippen LogP contribution in [0.5, 0.6) is 0 Å². The molecule has 7 rings (SSSR count). The Morgan fingerprint density at radius 1 is 1.00 bits per heavy atom. The topological polar surface area (TPSA) is 105 Å². The maximum atomic E-state index is 13.7. The van der Waals surface area contributed by atoms with Gasteiger partial charge in [0.2, 0.25) is 5.91 Å². The number of hydrogen-bond acceptors (Lipinski definition) is 7. The second-order valence-corrected chi connectivity index (χ2v) is 11.7. The van der Waals surface area contributed by atoms with Crippen LogP contribution in [0.1, 0.15) is 11.1 Å². The highest BCUT2D eigenvalue weighted by atomic mass is 32.2. The average Bonchev–Trinajstić information content (AvgIpc) is 3.50. The molecule has 0 bridgehead atoms. The number of hydrogen-bond donors (Lipinski definition) is 2. The molecule has 10 nitrogen and oxygen atoms in total. The molecule has 240 valence electrons. The molecular formula is C35H34FN7O3S. The van der Waals surface area contributed by atoms with Crippen LogP contribution in [-0.2, 0) is 22.6 Å². The summed E-state index contributed by atoms with van der Waals surface area (Å²) in [4.78, 5) is 38.6. The van der Waals surface area contributed by atoms with Gasteiger partial charge in [-0.3, -0.25) is 4.79 Å². The lowest BCUT2D eigenvalue weighted by Gasteiger charge is -2.29. The summed E-state index contributed by atoms with van der Waals surface area (Å²) in [5, 5.41) is 7.43. The van der Waals surface area contributed by atoms with E-state index in [-0.39, 0.29) is 30.1 Å². The maximum Gasteiger partial charge on any atom is 0.327 e. The third-order valence-corrected chi connectivity index (χ3v) is 8.87. The zero-order valence-electron chi connectivity index (χ0n) is 25.7. The number of thioether (sulfide) groups is 1. The summed E-state index contributed by atoms with van der Waals surface area (Å²) < 4.78 is 21.2. The van der Waals surface area contributed by atoms with Gasteiger partial charge in [0.1, 0.15) is 17.2 Å². The van der Waals surface area contributed by atoms with Crippen molar-refractivity contribution in [3.8, 4) is 0 Å². The molecule has 2 aliphatic rings. The van der Waals surface area contributed by atoms with Crippen molar-refractivity contribution in [2.45, 2.75) is 18.1 Å². The lowest BCUT2D eigenvalue weighted by Crippen LogP contribution is -2.42. The number of urea groups is 1. The molecule has 1 fully saturated rings. The van der Waals surface area contributed by atoms with Crippen molar-refractivity contribution < 1.29 is 18.7 Å². The highest BCUT2D eigenvalue weighted by Crippen LogP contribution is 2.36. The predicted molar refractivity (Wildman–Crippen MR) is 184 cm³/mol. The highest BCUT2D eigenvalue weighted by molar-refractivity contribution is 8.00. The molecule has 0 spiro atoms. The Bertz CT molecular complexity index is 1890. The lowest BCUT2D eigenvalue weighted by atomic mass is 10.1. The van der Waals surface area contributed by atoms with Crippen molar-refractivity contribution in [1.29, 1.82) is 0 Å². The van der Waals surface area contributed by atoms with Crippen molar-refractivity contribution in [3.05, 3.63) is 115 Å². The minimum absolute atomic E-state index is 0.146. The number of halogens is 1. The number of nitrogens with one attached hydrogen (secondary N) is 2. The van der Waals surface area contributed by atoms with Crippen molar-refractivity contribution in [2.24, 2.45) is 0 Å². The SMILES string of the molecule is C=C.O=C(CSc1ncnc2c1CNC(=O)N2c1ccc2c(ccn2Cc2cccc(F)c2)c1)Nc1ccc(N2CCOCC2)cc1. The van der Waals surface area contributed by atoms with Crippen LogP contribution in [0.3, 0.4) is 0 Å². The third-order valence-electron chi connectivity index (χ3n) is 7.84. The van der Waals surface area contributed by atoms with Gasteiger partial charge in [0.25, 0.3) is 0 Å². The molecule has 0 unspecified atom stereocenters. The minimum Gasteiger partial charge on any atom is -0.378 e. The predicted octanol–water partition coefficient (Wildman–Crippen LogP) is 6.35. The van der Waals surface area contributed by atoms with Gasteiger partial charge in [-0.2, -0.15) is 0 Å². The maximum absolute atomic E-state index is 13.7. The first-order valence-electron chi connectivity index (χ1n) is 15.1. The van der Waals surface area contributed by atoms with Crippen LogP contribution in [0.2, 0.25) is 0 Å². The fourth-order valence-electron chi connectivity index (χ4n) is 5.64. The molecule has 0 saturated carbocycles. The Hall–Kier alpha value is -5.20. The molecule has 1 saturated heterocycles. The summed E-state index contributed by atoms with van der Waals surface area (Å²) in [6.45, 7) is 9.91. The van der Waals surface area contributed by atoms with E-state index in [1.54, 1.807) is 6.07 Å². The second kappa shape index (κ2) is 14.5. The van der Waals surface area contributed by atoms with Crippen LogP contribution in [0, 0.1) is 5.82 Å². The molecule has 0 aliphatic carbocycles. The van der Waals surface area contributed by atoms with Gasteiger partial charge in [0, 0.05) is 53.7 Å². The number of morpholine rings is 1. The zero-order valence-corrected chi connectivity index (χ0v) is 26.5. The van der Waals surface area contributed by atoms with Gasteiger partial charge in [-0.15, -0.1) is 13.2 Å². The Labute approximate surface area is 276 Å². The third kappa shape index (κ3) is 7.13. The Kier molecular flexibility index (Phi) is 9.79. The van der Waals surface area contributed by atoms with Gasteiger partial charge >= 0.3 is 6.03 Å². The summed E-state index contributed by atoms with van der Waals surface area (Å²) in [6, 6.07) is 21.8. The van der Waals surface area contributed by atoms with E-state index in [2.05, 4.69) is 38.7 Å². The smallest absolute Gasteiger partial charge is 0.327 e. The molecule has 47 heavy (non-hydrogen) atoms. The van der Waals surface area contributed by atoms with Crippen molar-refractivity contribution in [3.63, 3.8) is 0 Å². The van der Waals surface area contributed by atoms with Crippen LogP contribution < -0.4 is 20.4 Å². The lowest BCUT2D eigenvalue weighted by molar-refractivity contribution is -0.113. The molecule has 4 heterocycles. The van der Waals surface area contributed by atoms with E-state index < -0.39 is 0 Å². The molecule has 2 aromatic heterocycles. The summed E-state index contributed by atoms with van der Waals surface area (Å²) in [7, 11) is 0. The van der Waals surface area contributed by atoms with Gasteiger partial charge < -0.3 is 24.8 Å². The second-order valence-electron chi connectivity index (χ2n) is 10.8. The Morgan fingerprint density at radius 3 is 2.57 bits per heavy atom. The van der Waals surface area contributed by atoms with Crippen LogP contribution in [-0.4, -0.2) is 58.5 Å². The number of amides is 3. The largest absolute Gasteiger partial charge is 0.378 e. The van der Waals surface area contributed by atoms with E-state index in [1.807, 2.05) is 65.4 Å². The van der Waals surface area contributed by atoms with E-state index in [9.17, 15) is 14.0 Å². The van der Waals surface area contributed by atoms with E-state index in [0.29, 0.717) is 36.3 Å². The van der Waals surface area contributed by atoms with E-state index in [0.717, 1.165) is 46.5 Å². The van der Waals surface area contributed by atoms with Crippen molar-refractivity contribution in [1.82, 2.24) is 19.9 Å². The molecule has 2 aliphatic heterocycles. The van der Waals surface area contributed by atoms with Crippen LogP contribution in [0.15, 0.2) is 104 Å². The van der Waals surface area contributed by atoms with E-state index in [4.69, 9.17) is 4.74 Å². The average molecular weight is 652 g/mol. The van der Waals surface area contributed by atoms with Gasteiger partial charge in [0.15, 0.2) is 5.82 Å². The summed E-state index contributed by atoms with van der Waals surface area (Å²) in [5.74, 6) is 0.203. The number of ether oxygens (including phenoxy) is 1. The Morgan fingerprint density at radius 2 is 1.79 bits per heavy atom. The van der Waals surface area contributed by atoms with Crippen LogP contribution >= 0.6 is 11.8 Å². The number of nitrogens with zero attached hydrogens (tertiary/aromatic N) is 5. The summed E-state index contributed by atoms with van der Waals surface area (Å²) in [6.07, 6.45) is 3.37. The van der Waals surface area contributed by atoms with Gasteiger partial charge in [-0.1, -0.05) is 23.9 Å². The standard InChI is InChI=1S/C33H30FN7O3S.C2H4/c34-24-3-1-2-22(16-24)19-40-11-10-23-17-27(8-9-29(23)40)41-31-28(18-35-33(41)43)32(37-21-36-31)45-20-30(42)38-25-4-6-26(7-5-25)39-12-14-44-15-13-39;1-2/h1-11,16-17,21H,12-15,18-20H2,(H,35,43)(H,38,42);1-2H2. The molecule has 3 amide bonds. The first kappa shape index (κ1) is 31.8. The van der Waals surface area contributed by atoms with Gasteiger partial charge in [-0.25, -0.2) is 24.1 Å². The first-order valence-corrected chi connectivity index (χ1v) is 16.1. The number of rotatable bonds is 8. The van der Waals surface area contributed by atoms with Crippen LogP contribution in [0.25, 0.3) is 10.9 Å². The fourth-order valence-corrected chi connectivity index (χ4v) is 6.44. The number of carbonyl (C=O) groups is 2. The quantitative estimate of drug-likeness (QED) is 0.115. The molecule has 12 heteroatoms. The normalized spacial score (nSPS) is 14.2. The Balaban J connectivity index is 0.00000190. The molecule has 0 atom stereocenters. The van der Waals surface area contributed by atoms with Gasteiger partial charge in [-0.05, 0) is 66.2 Å². The van der Waals surface area contributed by atoms with Crippen molar-refractivity contribution in [2.75, 3.05) is 47.2 Å². The van der Waals surface area contributed by atoms with E-state index >= 15 is 0 Å². The molecule has 5 aromatic rings. The monoisotopic (exact) mass is 651 g/mol. The molecule has 2 N–H and O–H groups in total. The summed E-state index contributed by atoms with van der Waals surface area (Å²) in [5.41, 5.74) is 5.04. The molecule has 3 aromatic carbocycles. The minimum atomic E-state index is -0.297. The zero-order chi connectivity index (χ0) is 32.8. The molecule has 0 radical (unpaired) electrons. The van der Waals surface area contributed by atoms with E-state index in [1.165, 1.54) is 35.1 Å². The van der Waals surface area contributed by atoms with Gasteiger partial charge in [0.05, 0.1) is 31.2 Å². The molecular weight excluding hydrogens is 617 g/mol. The number of anilines is 4. The number of aromatic nitrogens is 3. The number of fused-ring (bicyclic) bond motifs is 2. The highest BCUT2D eigenvalue weighted by Gasteiger charge is 2.29. The fraction of sp³-hybridized carbons (Fsp3) is 0.200. The van der Waals surface area contributed by atoms with Crippen LogP contribution in [0.4, 0.5) is 32.1 Å². The van der Waals surface area contributed by atoms with Crippen molar-refractivity contribution >= 4 is 57.5 Å². The first-order chi connectivity index (χ1) is 23.0. The number of benzene rings is 3.